The SMILES string of the molecule is Cc1c(F)cccc1[C@@]12CCC(=O)N1[C@@H](C(C)(C)C#N)CC2. The number of benzene rings is 1. The van der Waals surface area contributed by atoms with Gasteiger partial charge in [0, 0.05) is 6.42 Å². The largest absolute Gasteiger partial charge is 0.328 e. The number of halogens is 1. The lowest BCUT2D eigenvalue weighted by atomic mass is 9.83. The molecule has 0 aromatic heterocycles. The van der Waals surface area contributed by atoms with Gasteiger partial charge >= 0.3 is 0 Å². The number of nitrogens with zero attached hydrogens (tertiary/aromatic N) is 2. The number of fused-ring (bicyclic) bond motifs is 1. The van der Waals surface area contributed by atoms with Crippen LogP contribution in [0.5, 0.6) is 0 Å². The van der Waals surface area contributed by atoms with Gasteiger partial charge < -0.3 is 4.90 Å². The van der Waals surface area contributed by atoms with Gasteiger partial charge in [0.2, 0.25) is 5.91 Å². The van der Waals surface area contributed by atoms with Crippen LogP contribution in [0.4, 0.5) is 4.39 Å². The van der Waals surface area contributed by atoms with Gasteiger partial charge in [0.1, 0.15) is 5.82 Å². The summed E-state index contributed by atoms with van der Waals surface area (Å²) in [7, 11) is 0. The Labute approximate surface area is 130 Å². The number of hydrogen-bond acceptors (Lipinski definition) is 2. The molecule has 3 nitrogen and oxygen atoms in total. The molecule has 2 fully saturated rings. The van der Waals surface area contributed by atoms with Crippen LogP contribution in [-0.4, -0.2) is 16.8 Å². The van der Waals surface area contributed by atoms with Crippen LogP contribution < -0.4 is 0 Å². The lowest BCUT2D eigenvalue weighted by Crippen LogP contribution is -2.48. The van der Waals surface area contributed by atoms with Crippen molar-refractivity contribution in [3.63, 3.8) is 0 Å². The van der Waals surface area contributed by atoms with E-state index < -0.39 is 11.0 Å². The number of nitriles is 1. The first-order chi connectivity index (χ1) is 10.3. The lowest BCUT2D eigenvalue weighted by molar-refractivity contribution is -0.133. The molecular formula is C18H21FN2O. The Morgan fingerprint density at radius 2 is 2.14 bits per heavy atom. The number of amides is 1. The third-order valence-corrected chi connectivity index (χ3v) is 5.52. The lowest BCUT2D eigenvalue weighted by Gasteiger charge is -2.40. The van der Waals surface area contributed by atoms with Gasteiger partial charge in [-0.25, -0.2) is 4.39 Å². The molecule has 1 aromatic carbocycles. The molecule has 2 heterocycles. The predicted molar refractivity (Wildman–Crippen MR) is 81.3 cm³/mol. The molecule has 1 aromatic rings. The van der Waals surface area contributed by atoms with Crippen molar-refractivity contribution in [2.75, 3.05) is 0 Å². The molecule has 1 amide bonds. The summed E-state index contributed by atoms with van der Waals surface area (Å²) in [6.45, 7) is 5.55. The maximum absolute atomic E-state index is 14.0. The molecule has 2 saturated heterocycles. The zero-order chi connectivity index (χ0) is 16.1. The van der Waals surface area contributed by atoms with Crippen molar-refractivity contribution in [1.82, 2.24) is 4.90 Å². The van der Waals surface area contributed by atoms with Gasteiger partial charge in [0.05, 0.1) is 23.1 Å². The highest BCUT2D eigenvalue weighted by molar-refractivity contribution is 5.81. The van der Waals surface area contributed by atoms with E-state index in [0.717, 1.165) is 18.4 Å². The number of carbonyl (C=O) groups is 1. The summed E-state index contributed by atoms with van der Waals surface area (Å²) < 4.78 is 14.0. The fourth-order valence-corrected chi connectivity index (χ4v) is 4.28. The molecule has 0 bridgehead atoms. The van der Waals surface area contributed by atoms with Crippen molar-refractivity contribution in [1.29, 1.82) is 5.26 Å². The summed E-state index contributed by atoms with van der Waals surface area (Å²) >= 11 is 0. The van der Waals surface area contributed by atoms with Crippen molar-refractivity contribution >= 4 is 5.91 Å². The van der Waals surface area contributed by atoms with E-state index in [0.29, 0.717) is 18.4 Å². The van der Waals surface area contributed by atoms with Crippen LogP contribution in [0.2, 0.25) is 0 Å². The van der Waals surface area contributed by atoms with Gasteiger partial charge in [-0.05, 0) is 57.2 Å². The minimum Gasteiger partial charge on any atom is -0.328 e. The molecule has 2 aliphatic heterocycles. The van der Waals surface area contributed by atoms with Crippen LogP contribution in [0.15, 0.2) is 18.2 Å². The van der Waals surface area contributed by atoms with Gasteiger partial charge in [-0.2, -0.15) is 5.26 Å². The highest BCUT2D eigenvalue weighted by atomic mass is 19.1. The molecule has 0 saturated carbocycles. The highest BCUT2D eigenvalue weighted by Crippen LogP contribution is 2.54. The predicted octanol–water partition coefficient (Wildman–Crippen LogP) is 3.66. The molecule has 3 rings (SSSR count). The van der Waals surface area contributed by atoms with Crippen LogP contribution in [0.25, 0.3) is 0 Å². The molecule has 22 heavy (non-hydrogen) atoms. The first-order valence-corrected chi connectivity index (χ1v) is 7.82. The van der Waals surface area contributed by atoms with Gasteiger partial charge in [0.25, 0.3) is 0 Å². The van der Waals surface area contributed by atoms with Crippen LogP contribution in [0.1, 0.15) is 50.7 Å². The Morgan fingerprint density at radius 1 is 1.41 bits per heavy atom. The summed E-state index contributed by atoms with van der Waals surface area (Å²) in [6, 6.07) is 7.36. The average molecular weight is 300 g/mol. The molecule has 4 heteroatoms. The standard InChI is InChI=1S/C18H21FN2O/c1-12-13(5-4-6-14(12)19)18-9-7-15(17(2,3)11-20)21(18)16(22)8-10-18/h4-6,15H,7-10H2,1-3H3/t15-,18-/m1/s1. The van der Waals surface area contributed by atoms with E-state index in [1.54, 1.807) is 13.0 Å². The second-order valence-corrected chi connectivity index (χ2v) is 7.10. The molecule has 0 spiro atoms. The van der Waals surface area contributed by atoms with Crippen LogP contribution in [-0.2, 0) is 10.3 Å². The maximum Gasteiger partial charge on any atom is 0.223 e. The molecule has 0 unspecified atom stereocenters. The quantitative estimate of drug-likeness (QED) is 0.836. The minimum atomic E-state index is -0.594. The van der Waals surface area contributed by atoms with Gasteiger partial charge in [-0.3, -0.25) is 4.79 Å². The van der Waals surface area contributed by atoms with E-state index in [2.05, 4.69) is 6.07 Å². The second-order valence-electron chi connectivity index (χ2n) is 7.10. The Morgan fingerprint density at radius 3 is 2.82 bits per heavy atom. The van der Waals surface area contributed by atoms with E-state index in [4.69, 9.17) is 0 Å². The number of hydrogen-bond donors (Lipinski definition) is 0. The number of carbonyl (C=O) groups excluding carboxylic acids is 1. The maximum atomic E-state index is 14.0. The van der Waals surface area contributed by atoms with E-state index in [9.17, 15) is 14.4 Å². The summed E-state index contributed by atoms with van der Waals surface area (Å²) in [5.74, 6) is -0.136. The first-order valence-electron chi connectivity index (χ1n) is 7.82. The zero-order valence-corrected chi connectivity index (χ0v) is 13.3. The number of rotatable bonds is 2. The molecule has 0 radical (unpaired) electrons. The average Bonchev–Trinajstić information content (AvgIpc) is 3.02. The topological polar surface area (TPSA) is 44.1 Å². The van der Waals surface area contributed by atoms with E-state index in [-0.39, 0.29) is 17.8 Å². The van der Waals surface area contributed by atoms with Gasteiger partial charge in [-0.15, -0.1) is 0 Å². The van der Waals surface area contributed by atoms with E-state index in [1.807, 2.05) is 24.8 Å². The Bertz CT molecular complexity index is 676. The van der Waals surface area contributed by atoms with E-state index >= 15 is 0 Å². The fraction of sp³-hybridized carbons (Fsp3) is 0.556. The summed E-state index contributed by atoms with van der Waals surface area (Å²) in [5.41, 5.74) is 0.512. The van der Waals surface area contributed by atoms with Crippen molar-refractivity contribution in [2.45, 2.75) is 58.0 Å². The minimum absolute atomic E-state index is 0.0921. The summed E-state index contributed by atoms with van der Waals surface area (Å²) in [6.07, 6.45) is 2.79. The smallest absolute Gasteiger partial charge is 0.223 e. The van der Waals surface area contributed by atoms with Crippen molar-refractivity contribution in [3.8, 4) is 6.07 Å². The third kappa shape index (κ3) is 1.88. The van der Waals surface area contributed by atoms with Crippen LogP contribution in [0, 0.1) is 29.5 Å². The Hall–Kier alpha value is -1.89. The molecule has 116 valence electrons. The van der Waals surface area contributed by atoms with E-state index in [1.165, 1.54) is 6.07 Å². The fourth-order valence-electron chi connectivity index (χ4n) is 4.28. The normalized spacial score (nSPS) is 27.9. The van der Waals surface area contributed by atoms with Gasteiger partial charge in [-0.1, -0.05) is 12.1 Å². The summed E-state index contributed by atoms with van der Waals surface area (Å²) in [5, 5.41) is 9.47. The van der Waals surface area contributed by atoms with Crippen molar-refractivity contribution < 1.29 is 9.18 Å². The van der Waals surface area contributed by atoms with Crippen LogP contribution in [0.3, 0.4) is 0 Å². The Kier molecular flexibility index (Phi) is 3.28. The highest BCUT2D eigenvalue weighted by Gasteiger charge is 2.57. The van der Waals surface area contributed by atoms with Crippen molar-refractivity contribution in [3.05, 3.63) is 35.1 Å². The first kappa shape index (κ1) is 15.0. The molecule has 2 atom stereocenters. The summed E-state index contributed by atoms with van der Waals surface area (Å²) in [4.78, 5) is 14.4. The molecule has 2 aliphatic rings. The second kappa shape index (κ2) is 4.81. The monoisotopic (exact) mass is 300 g/mol. The molecule has 0 N–H and O–H groups in total. The third-order valence-electron chi connectivity index (χ3n) is 5.52. The van der Waals surface area contributed by atoms with Crippen molar-refractivity contribution in [2.24, 2.45) is 5.41 Å². The Balaban J connectivity index is 2.13. The van der Waals surface area contributed by atoms with Crippen LogP contribution >= 0.6 is 0 Å². The molecular weight excluding hydrogens is 279 g/mol. The molecule has 0 aliphatic carbocycles. The van der Waals surface area contributed by atoms with Gasteiger partial charge in [0.15, 0.2) is 0 Å². The zero-order valence-electron chi connectivity index (χ0n) is 13.3.